The van der Waals surface area contributed by atoms with Gasteiger partial charge in [-0.1, -0.05) is 6.07 Å². The summed E-state index contributed by atoms with van der Waals surface area (Å²) in [6, 6.07) is 4.89. The van der Waals surface area contributed by atoms with Crippen LogP contribution in [-0.4, -0.2) is 12.0 Å². The predicted molar refractivity (Wildman–Crippen MR) is 76.2 cm³/mol. The van der Waals surface area contributed by atoms with Crippen LogP contribution >= 0.6 is 11.3 Å². The van der Waals surface area contributed by atoms with Crippen molar-refractivity contribution < 1.29 is 0 Å². The lowest BCUT2D eigenvalue weighted by atomic mass is 10.1. The number of aryl methyl sites for hydroxylation is 3. The lowest BCUT2D eigenvalue weighted by Gasteiger charge is -2.15. The van der Waals surface area contributed by atoms with E-state index in [4.69, 9.17) is 0 Å². The highest BCUT2D eigenvalue weighted by atomic mass is 32.1. The molecule has 1 N–H and O–H groups in total. The van der Waals surface area contributed by atoms with E-state index in [1.165, 1.54) is 35.3 Å². The van der Waals surface area contributed by atoms with E-state index in [2.05, 4.69) is 29.4 Å². The molecule has 3 rings (SSSR count). The summed E-state index contributed by atoms with van der Waals surface area (Å²) in [6.07, 6.45) is 7.73. The molecule has 0 aromatic carbocycles. The van der Waals surface area contributed by atoms with Crippen molar-refractivity contribution in [3.8, 4) is 0 Å². The molecule has 2 aromatic heterocycles. The van der Waals surface area contributed by atoms with Gasteiger partial charge in [-0.2, -0.15) is 0 Å². The van der Waals surface area contributed by atoms with Crippen molar-refractivity contribution >= 4 is 11.3 Å². The molecule has 0 saturated heterocycles. The van der Waals surface area contributed by atoms with Gasteiger partial charge in [0.1, 0.15) is 0 Å². The normalized spacial score (nSPS) is 15.7. The molecule has 2 heterocycles. The Hall–Kier alpha value is -1.19. The summed E-state index contributed by atoms with van der Waals surface area (Å²) < 4.78 is 0. The van der Waals surface area contributed by atoms with Crippen LogP contribution in [0.4, 0.5) is 0 Å². The minimum Gasteiger partial charge on any atom is -0.309 e. The summed E-state index contributed by atoms with van der Waals surface area (Å²) in [7, 11) is 2.03. The van der Waals surface area contributed by atoms with E-state index in [9.17, 15) is 0 Å². The monoisotopic (exact) mass is 258 g/mol. The topological polar surface area (TPSA) is 24.9 Å². The smallest absolute Gasteiger partial charge is 0.0683 e. The quantitative estimate of drug-likeness (QED) is 0.914. The van der Waals surface area contributed by atoms with Crippen molar-refractivity contribution in [2.24, 2.45) is 0 Å². The highest BCUT2D eigenvalue weighted by molar-refractivity contribution is 7.12. The molecule has 1 aliphatic carbocycles. The van der Waals surface area contributed by atoms with Crippen molar-refractivity contribution in [3.63, 3.8) is 0 Å². The van der Waals surface area contributed by atoms with E-state index < -0.39 is 0 Å². The number of hydrogen-bond acceptors (Lipinski definition) is 3. The Kier molecular flexibility index (Phi) is 3.18. The molecule has 1 unspecified atom stereocenters. The highest BCUT2D eigenvalue weighted by Gasteiger charge is 2.20. The third-order valence-corrected chi connectivity index (χ3v) is 4.87. The summed E-state index contributed by atoms with van der Waals surface area (Å²) in [5, 5.41) is 3.42. The zero-order chi connectivity index (χ0) is 12.5. The molecule has 0 bridgehead atoms. The molecule has 2 nitrogen and oxygen atoms in total. The van der Waals surface area contributed by atoms with Gasteiger partial charge in [0.05, 0.1) is 6.04 Å². The number of hydrogen-bond donors (Lipinski definition) is 1. The maximum atomic E-state index is 4.31. The highest BCUT2D eigenvalue weighted by Crippen LogP contribution is 2.35. The summed E-state index contributed by atoms with van der Waals surface area (Å²) >= 11 is 1.97. The van der Waals surface area contributed by atoms with Crippen LogP contribution in [0.3, 0.4) is 0 Å². The largest absolute Gasteiger partial charge is 0.309 e. The number of nitrogens with zero attached hydrogens (tertiary/aromatic N) is 1. The predicted octanol–water partition coefficient (Wildman–Crippen LogP) is 3.25. The summed E-state index contributed by atoms with van der Waals surface area (Å²) in [4.78, 5) is 7.32. The Balaban J connectivity index is 1.96. The van der Waals surface area contributed by atoms with E-state index in [0.717, 1.165) is 0 Å². The molecule has 0 fully saturated rings. The van der Waals surface area contributed by atoms with Crippen molar-refractivity contribution in [3.05, 3.63) is 51.0 Å². The van der Waals surface area contributed by atoms with Crippen molar-refractivity contribution in [1.29, 1.82) is 0 Å². The first-order chi connectivity index (χ1) is 8.78. The molecule has 0 aliphatic heterocycles. The zero-order valence-corrected chi connectivity index (χ0v) is 11.7. The van der Waals surface area contributed by atoms with Gasteiger partial charge in [-0.25, -0.2) is 0 Å². The minimum absolute atomic E-state index is 0.285. The molecule has 1 atom stereocenters. The maximum Gasteiger partial charge on any atom is 0.0683 e. The first kappa shape index (κ1) is 11.9. The minimum atomic E-state index is 0.285. The van der Waals surface area contributed by atoms with Crippen LogP contribution < -0.4 is 5.32 Å². The van der Waals surface area contributed by atoms with Gasteiger partial charge >= 0.3 is 0 Å². The fraction of sp³-hybridized carbons (Fsp3) is 0.400. The lowest BCUT2D eigenvalue weighted by Crippen LogP contribution is -2.16. The first-order valence-corrected chi connectivity index (χ1v) is 7.30. The molecule has 0 radical (unpaired) electrons. The second kappa shape index (κ2) is 4.82. The Labute approximate surface area is 112 Å². The van der Waals surface area contributed by atoms with Gasteiger partial charge in [-0.05, 0) is 56.0 Å². The Morgan fingerprint density at radius 2 is 2.17 bits per heavy atom. The second-order valence-electron chi connectivity index (χ2n) is 4.97. The van der Waals surface area contributed by atoms with Gasteiger partial charge in [-0.15, -0.1) is 11.3 Å². The van der Waals surface area contributed by atoms with Gasteiger partial charge in [0.25, 0.3) is 0 Å². The first-order valence-electron chi connectivity index (χ1n) is 6.48. The zero-order valence-electron chi connectivity index (χ0n) is 10.9. The van der Waals surface area contributed by atoms with E-state index >= 15 is 0 Å². The SMILES string of the molecule is CNC(c1cncc(C)c1)c1cc2c(s1)CCC2. The van der Waals surface area contributed by atoms with Gasteiger partial charge < -0.3 is 5.32 Å². The lowest BCUT2D eigenvalue weighted by molar-refractivity contribution is 0.699. The van der Waals surface area contributed by atoms with E-state index in [1.54, 1.807) is 10.4 Å². The number of pyridine rings is 1. The van der Waals surface area contributed by atoms with Crippen LogP contribution in [-0.2, 0) is 12.8 Å². The molecular formula is C15H18N2S. The number of nitrogens with one attached hydrogen (secondary N) is 1. The van der Waals surface area contributed by atoms with E-state index in [0.29, 0.717) is 0 Å². The average Bonchev–Trinajstić information content (AvgIpc) is 2.91. The van der Waals surface area contributed by atoms with Gasteiger partial charge in [0.2, 0.25) is 0 Å². The number of fused-ring (bicyclic) bond motifs is 1. The Morgan fingerprint density at radius 3 is 2.89 bits per heavy atom. The summed E-state index contributed by atoms with van der Waals surface area (Å²) in [5.41, 5.74) is 4.05. The summed E-state index contributed by atoms with van der Waals surface area (Å²) in [5.74, 6) is 0. The third kappa shape index (κ3) is 2.08. The molecule has 0 amide bonds. The second-order valence-corrected chi connectivity index (χ2v) is 6.14. The van der Waals surface area contributed by atoms with E-state index in [1.807, 2.05) is 30.8 Å². The fourth-order valence-electron chi connectivity index (χ4n) is 2.70. The van der Waals surface area contributed by atoms with Crippen LogP contribution in [0.25, 0.3) is 0 Å². The molecular weight excluding hydrogens is 240 g/mol. The van der Waals surface area contributed by atoms with E-state index in [-0.39, 0.29) is 6.04 Å². The van der Waals surface area contributed by atoms with Crippen LogP contribution in [0.2, 0.25) is 0 Å². The molecule has 3 heteroatoms. The summed E-state index contributed by atoms with van der Waals surface area (Å²) in [6.45, 7) is 2.09. The van der Waals surface area contributed by atoms with Crippen LogP contribution in [0, 0.1) is 6.92 Å². The van der Waals surface area contributed by atoms with Gasteiger partial charge in [0.15, 0.2) is 0 Å². The molecule has 0 spiro atoms. The molecule has 2 aromatic rings. The standard InChI is InChI=1S/C15H18N2S/c1-10-6-12(9-17-8-10)15(16-2)14-7-11-4-3-5-13(11)18-14/h6-9,15-16H,3-5H2,1-2H3. The Bertz CT molecular complexity index is 538. The Morgan fingerprint density at radius 1 is 1.28 bits per heavy atom. The van der Waals surface area contributed by atoms with Gasteiger partial charge in [0, 0.05) is 22.1 Å². The fourth-order valence-corrected chi connectivity index (χ4v) is 4.10. The van der Waals surface area contributed by atoms with Crippen molar-refractivity contribution in [2.75, 3.05) is 7.05 Å². The molecule has 0 saturated carbocycles. The van der Waals surface area contributed by atoms with Crippen molar-refractivity contribution in [2.45, 2.75) is 32.2 Å². The van der Waals surface area contributed by atoms with Crippen LogP contribution in [0.1, 0.15) is 38.9 Å². The molecule has 94 valence electrons. The number of aromatic nitrogens is 1. The number of rotatable bonds is 3. The number of thiophene rings is 1. The third-order valence-electron chi connectivity index (χ3n) is 3.57. The maximum absolute atomic E-state index is 4.31. The van der Waals surface area contributed by atoms with Gasteiger partial charge in [-0.3, -0.25) is 4.98 Å². The molecule has 18 heavy (non-hydrogen) atoms. The average molecular weight is 258 g/mol. The van der Waals surface area contributed by atoms with Crippen LogP contribution in [0.5, 0.6) is 0 Å². The molecule has 1 aliphatic rings. The van der Waals surface area contributed by atoms with Crippen molar-refractivity contribution in [1.82, 2.24) is 10.3 Å². The van der Waals surface area contributed by atoms with Crippen LogP contribution in [0.15, 0.2) is 24.5 Å².